The fourth-order valence-electron chi connectivity index (χ4n) is 1.97. The zero-order valence-corrected chi connectivity index (χ0v) is 15.7. The summed E-state index contributed by atoms with van der Waals surface area (Å²) in [5.41, 5.74) is 1.05. The standard InChI is InChI=1S/C12H17N5O3S.C2HF3O2/c1-8(18)21-10-3-4-13-6-9(10)5-11-14-16-17(15-11)7-12(19)20-2;3-2(4,5)1(6)7/h5,10,13H,3-4,6-7H2,1-2H3;(H,6,7)/b9-5+;. The molecule has 1 aliphatic rings. The summed E-state index contributed by atoms with van der Waals surface area (Å²) in [6.07, 6.45) is -2.39. The van der Waals surface area contributed by atoms with Gasteiger partial charge in [-0.15, -0.1) is 10.2 Å². The smallest absolute Gasteiger partial charge is 0.475 e. The molecule has 28 heavy (non-hydrogen) atoms. The summed E-state index contributed by atoms with van der Waals surface area (Å²) in [6.45, 7) is 3.06. The van der Waals surface area contributed by atoms with E-state index >= 15 is 0 Å². The van der Waals surface area contributed by atoms with Crippen molar-refractivity contribution in [1.29, 1.82) is 0 Å². The van der Waals surface area contributed by atoms with Gasteiger partial charge in [0.2, 0.25) is 0 Å². The predicted octanol–water partition coefficient (Wildman–Crippen LogP) is 0.504. The van der Waals surface area contributed by atoms with Crippen molar-refractivity contribution >= 4 is 34.9 Å². The number of carbonyl (C=O) groups excluding carboxylic acids is 2. The maximum atomic E-state index is 11.3. The van der Waals surface area contributed by atoms with Gasteiger partial charge >= 0.3 is 18.1 Å². The van der Waals surface area contributed by atoms with Crippen molar-refractivity contribution < 1.29 is 37.4 Å². The van der Waals surface area contributed by atoms with Gasteiger partial charge in [-0.25, -0.2) is 9.59 Å². The van der Waals surface area contributed by atoms with Crippen LogP contribution in [0, 0.1) is 0 Å². The lowest BCUT2D eigenvalue weighted by Crippen LogP contribution is -2.32. The predicted molar refractivity (Wildman–Crippen MR) is 91.0 cm³/mol. The van der Waals surface area contributed by atoms with Crippen LogP contribution in [0.2, 0.25) is 0 Å². The minimum absolute atomic E-state index is 0.0729. The molecule has 1 aliphatic heterocycles. The van der Waals surface area contributed by atoms with Crippen molar-refractivity contribution in [3.05, 3.63) is 11.4 Å². The highest BCUT2D eigenvalue weighted by Crippen LogP contribution is 2.26. The number of aromatic nitrogens is 4. The molecule has 0 aliphatic carbocycles. The maximum Gasteiger partial charge on any atom is 0.490 e. The van der Waals surface area contributed by atoms with Gasteiger partial charge in [-0.1, -0.05) is 11.8 Å². The maximum absolute atomic E-state index is 11.3. The lowest BCUT2D eigenvalue weighted by atomic mass is 10.1. The molecule has 0 radical (unpaired) electrons. The number of hydrogen-bond acceptors (Lipinski definition) is 9. The first-order chi connectivity index (χ1) is 13.0. The molecule has 2 rings (SSSR count). The SMILES string of the molecule is COC(=O)Cn1nnc(/C=C2\CNCCC2SC(C)=O)n1.O=C(O)C(F)(F)F. The van der Waals surface area contributed by atoms with Crippen LogP contribution in [-0.4, -0.2) is 74.0 Å². The number of thioether (sulfide) groups is 1. The highest BCUT2D eigenvalue weighted by atomic mass is 32.2. The Labute approximate surface area is 161 Å². The fourth-order valence-corrected chi connectivity index (χ4v) is 2.91. The van der Waals surface area contributed by atoms with Gasteiger partial charge in [-0.3, -0.25) is 4.79 Å². The van der Waals surface area contributed by atoms with Crippen molar-refractivity contribution in [1.82, 2.24) is 25.5 Å². The van der Waals surface area contributed by atoms with E-state index in [0.29, 0.717) is 12.4 Å². The Bertz CT molecular complexity index is 737. The van der Waals surface area contributed by atoms with Crippen LogP contribution >= 0.6 is 11.8 Å². The van der Waals surface area contributed by atoms with Crippen molar-refractivity contribution in [3.63, 3.8) is 0 Å². The van der Waals surface area contributed by atoms with E-state index < -0.39 is 18.1 Å². The van der Waals surface area contributed by atoms with Gasteiger partial charge in [-0.05, 0) is 29.8 Å². The van der Waals surface area contributed by atoms with Crippen molar-refractivity contribution in [2.45, 2.75) is 31.3 Å². The number of ether oxygens (including phenoxy) is 1. The lowest BCUT2D eigenvalue weighted by molar-refractivity contribution is -0.192. The van der Waals surface area contributed by atoms with Crippen molar-refractivity contribution in [3.8, 4) is 0 Å². The van der Waals surface area contributed by atoms with E-state index in [4.69, 9.17) is 9.90 Å². The number of halogens is 3. The van der Waals surface area contributed by atoms with Gasteiger partial charge in [0.05, 0.1) is 7.11 Å². The quantitative estimate of drug-likeness (QED) is 0.656. The van der Waals surface area contributed by atoms with Crippen molar-refractivity contribution in [2.24, 2.45) is 0 Å². The number of hydrogen-bond donors (Lipinski definition) is 2. The number of rotatable bonds is 4. The molecule has 156 valence electrons. The highest BCUT2D eigenvalue weighted by Gasteiger charge is 2.38. The van der Waals surface area contributed by atoms with E-state index in [2.05, 4.69) is 25.5 Å². The number of aliphatic carboxylic acids is 1. The number of piperidine rings is 1. The monoisotopic (exact) mass is 425 g/mol. The molecule has 1 aromatic rings. The van der Waals surface area contributed by atoms with Gasteiger partial charge in [0.25, 0.3) is 0 Å². The molecule has 0 saturated carbocycles. The van der Waals surface area contributed by atoms with Crippen LogP contribution in [0.5, 0.6) is 0 Å². The molecule has 14 heteroatoms. The Balaban J connectivity index is 0.000000480. The number of tetrazole rings is 1. The number of nitrogens with one attached hydrogen (secondary N) is 1. The van der Waals surface area contributed by atoms with Crippen LogP contribution < -0.4 is 5.32 Å². The third-order valence-electron chi connectivity index (χ3n) is 3.16. The van der Waals surface area contributed by atoms with Crippen LogP contribution in [0.25, 0.3) is 6.08 Å². The molecule has 0 amide bonds. The van der Waals surface area contributed by atoms with Gasteiger partial charge in [0.1, 0.15) is 0 Å². The second-order valence-electron chi connectivity index (χ2n) is 5.34. The molecular weight excluding hydrogens is 407 g/mol. The van der Waals surface area contributed by atoms with Crippen LogP contribution in [-0.2, 0) is 25.7 Å². The number of esters is 1. The van der Waals surface area contributed by atoms with E-state index in [1.54, 1.807) is 6.92 Å². The number of carboxylic acids is 1. The third-order valence-corrected chi connectivity index (χ3v) is 4.31. The van der Waals surface area contributed by atoms with E-state index in [1.807, 2.05) is 6.08 Å². The first kappa shape index (κ1) is 23.6. The van der Waals surface area contributed by atoms with Crippen molar-refractivity contribution in [2.75, 3.05) is 20.2 Å². The summed E-state index contributed by atoms with van der Waals surface area (Å²) in [6, 6.07) is 0. The Hall–Kier alpha value is -2.48. The zero-order chi connectivity index (χ0) is 21.3. The summed E-state index contributed by atoms with van der Waals surface area (Å²) >= 11 is 1.32. The van der Waals surface area contributed by atoms with E-state index in [1.165, 1.54) is 23.7 Å². The molecule has 0 spiro atoms. The minimum atomic E-state index is -5.08. The number of carbonyl (C=O) groups is 3. The Kier molecular flexibility index (Phi) is 9.05. The first-order valence-corrected chi connectivity index (χ1v) is 8.64. The normalized spacial score (nSPS) is 18.2. The molecule has 1 fully saturated rings. The zero-order valence-electron chi connectivity index (χ0n) is 14.9. The largest absolute Gasteiger partial charge is 0.490 e. The van der Waals surface area contributed by atoms with E-state index in [0.717, 1.165) is 18.5 Å². The first-order valence-electron chi connectivity index (χ1n) is 7.76. The molecule has 0 bridgehead atoms. The number of nitrogens with zero attached hydrogens (tertiary/aromatic N) is 4. The van der Waals surface area contributed by atoms with Gasteiger partial charge in [0.15, 0.2) is 17.5 Å². The molecule has 0 aromatic carbocycles. The third kappa shape index (κ3) is 8.47. The summed E-state index contributed by atoms with van der Waals surface area (Å²) < 4.78 is 36.3. The summed E-state index contributed by atoms with van der Waals surface area (Å²) in [7, 11) is 1.30. The molecule has 1 atom stereocenters. The average molecular weight is 425 g/mol. The fraction of sp³-hybridized carbons (Fsp3) is 0.571. The molecule has 2 heterocycles. The van der Waals surface area contributed by atoms with Crippen LogP contribution in [0.1, 0.15) is 19.2 Å². The Morgan fingerprint density at radius 3 is 2.61 bits per heavy atom. The molecule has 1 aromatic heterocycles. The van der Waals surface area contributed by atoms with E-state index in [9.17, 15) is 22.8 Å². The molecule has 1 saturated heterocycles. The average Bonchev–Trinajstić information content (AvgIpc) is 3.02. The highest BCUT2D eigenvalue weighted by molar-refractivity contribution is 8.14. The van der Waals surface area contributed by atoms with Crippen LogP contribution in [0.4, 0.5) is 13.2 Å². The molecule has 2 N–H and O–H groups in total. The number of alkyl halides is 3. The number of methoxy groups -OCH3 is 1. The molecule has 10 nitrogen and oxygen atoms in total. The lowest BCUT2D eigenvalue weighted by Gasteiger charge is -2.24. The summed E-state index contributed by atoms with van der Waals surface area (Å²) in [4.78, 5) is 32.5. The van der Waals surface area contributed by atoms with Gasteiger partial charge in [0, 0.05) is 18.7 Å². The van der Waals surface area contributed by atoms with Gasteiger partial charge in [-0.2, -0.15) is 18.0 Å². The second kappa shape index (κ2) is 10.8. The minimum Gasteiger partial charge on any atom is -0.475 e. The Morgan fingerprint density at radius 1 is 1.43 bits per heavy atom. The van der Waals surface area contributed by atoms with Crippen LogP contribution in [0.15, 0.2) is 5.57 Å². The van der Waals surface area contributed by atoms with E-state index in [-0.39, 0.29) is 16.9 Å². The Morgan fingerprint density at radius 2 is 2.07 bits per heavy atom. The summed E-state index contributed by atoms with van der Waals surface area (Å²) in [5.74, 6) is -2.77. The molecule has 1 unspecified atom stereocenters. The number of carboxylic acid groups (broad SMARTS) is 1. The van der Waals surface area contributed by atoms with Gasteiger partial charge < -0.3 is 15.2 Å². The van der Waals surface area contributed by atoms with Crippen LogP contribution in [0.3, 0.4) is 0 Å². The second-order valence-corrected chi connectivity index (χ2v) is 6.72. The molecular formula is C14H18F3N5O5S. The summed E-state index contributed by atoms with van der Waals surface area (Å²) in [5, 5.41) is 22.4. The topological polar surface area (TPSA) is 136 Å².